The maximum atomic E-state index is 12.2. The van der Waals surface area contributed by atoms with Crippen LogP contribution < -0.4 is 5.32 Å². The molecule has 0 aliphatic carbocycles. The molecule has 0 aromatic carbocycles. The average molecular weight is 303 g/mol. The van der Waals surface area contributed by atoms with E-state index in [-0.39, 0.29) is 5.91 Å². The molecule has 0 bridgehead atoms. The predicted octanol–water partition coefficient (Wildman–Crippen LogP) is 2.33. The maximum absolute atomic E-state index is 12.2. The molecule has 0 radical (unpaired) electrons. The highest BCUT2D eigenvalue weighted by Gasteiger charge is 2.29. The van der Waals surface area contributed by atoms with Crippen LogP contribution in [-0.4, -0.2) is 37.0 Å². The van der Waals surface area contributed by atoms with Gasteiger partial charge in [-0.15, -0.1) is 11.3 Å². The number of thiophene rings is 1. The summed E-state index contributed by atoms with van der Waals surface area (Å²) >= 11 is 4.95. The molecule has 0 saturated carbocycles. The van der Waals surface area contributed by atoms with Gasteiger partial charge in [0.05, 0.1) is 9.35 Å². The lowest BCUT2D eigenvalue weighted by atomic mass is 10.2. The summed E-state index contributed by atoms with van der Waals surface area (Å²) in [6, 6.07) is 2.26. The first-order valence-corrected chi connectivity index (χ1v) is 7.09. The topological polar surface area (TPSA) is 32.3 Å². The van der Waals surface area contributed by atoms with Crippen LogP contribution in [0.4, 0.5) is 0 Å². The molecular weight excluding hydrogens is 288 g/mol. The third-order valence-electron chi connectivity index (χ3n) is 2.89. The molecule has 1 atom stereocenters. The van der Waals surface area contributed by atoms with Crippen LogP contribution in [0.25, 0.3) is 0 Å². The Kier molecular flexibility index (Phi) is 4.00. The molecule has 16 heavy (non-hydrogen) atoms. The molecule has 1 fully saturated rings. The van der Waals surface area contributed by atoms with E-state index in [0.29, 0.717) is 6.04 Å². The number of nitrogens with zero attached hydrogens (tertiary/aromatic N) is 1. The quantitative estimate of drug-likeness (QED) is 0.929. The van der Waals surface area contributed by atoms with Crippen molar-refractivity contribution in [1.82, 2.24) is 10.2 Å². The molecule has 1 N–H and O–H groups in total. The van der Waals surface area contributed by atoms with Crippen molar-refractivity contribution in [2.45, 2.75) is 18.9 Å². The Labute approximate surface area is 108 Å². The predicted molar refractivity (Wildman–Crippen MR) is 70.0 cm³/mol. The molecule has 5 heteroatoms. The van der Waals surface area contributed by atoms with E-state index >= 15 is 0 Å². The van der Waals surface area contributed by atoms with Gasteiger partial charge in [0, 0.05) is 24.5 Å². The van der Waals surface area contributed by atoms with E-state index in [1.165, 1.54) is 0 Å². The number of carbonyl (C=O) groups is 1. The standard InChI is InChI=1S/C11H15BrN2OS/c1-13-6-9-3-2-4-14(9)11(15)8-5-10(12)16-7-8/h5,7,9,13H,2-4,6H2,1H3. The van der Waals surface area contributed by atoms with Gasteiger partial charge in [0.2, 0.25) is 0 Å². The van der Waals surface area contributed by atoms with Gasteiger partial charge >= 0.3 is 0 Å². The van der Waals surface area contributed by atoms with Crippen molar-refractivity contribution in [2.75, 3.05) is 20.1 Å². The molecule has 0 spiro atoms. The van der Waals surface area contributed by atoms with Crippen molar-refractivity contribution in [2.24, 2.45) is 0 Å². The van der Waals surface area contributed by atoms with Crippen molar-refractivity contribution in [3.63, 3.8) is 0 Å². The molecular formula is C11H15BrN2OS. The minimum absolute atomic E-state index is 0.166. The molecule has 1 unspecified atom stereocenters. The Morgan fingerprint density at radius 3 is 3.19 bits per heavy atom. The van der Waals surface area contributed by atoms with Gasteiger partial charge in [-0.25, -0.2) is 0 Å². The Morgan fingerprint density at radius 1 is 1.75 bits per heavy atom. The Morgan fingerprint density at radius 2 is 2.56 bits per heavy atom. The summed E-state index contributed by atoms with van der Waals surface area (Å²) in [5.74, 6) is 0.166. The summed E-state index contributed by atoms with van der Waals surface area (Å²) in [5, 5.41) is 5.07. The van der Waals surface area contributed by atoms with E-state index < -0.39 is 0 Å². The van der Waals surface area contributed by atoms with Crippen molar-refractivity contribution >= 4 is 33.2 Å². The van der Waals surface area contributed by atoms with E-state index in [2.05, 4.69) is 21.2 Å². The number of hydrogen-bond donors (Lipinski definition) is 1. The molecule has 88 valence electrons. The fourth-order valence-electron chi connectivity index (χ4n) is 2.14. The second-order valence-electron chi connectivity index (χ2n) is 3.99. The number of rotatable bonds is 3. The maximum Gasteiger partial charge on any atom is 0.255 e. The summed E-state index contributed by atoms with van der Waals surface area (Å²) in [4.78, 5) is 14.2. The first-order chi connectivity index (χ1) is 7.72. The largest absolute Gasteiger partial charge is 0.334 e. The van der Waals surface area contributed by atoms with Gasteiger partial charge in [-0.05, 0) is 41.9 Å². The number of likely N-dealkylation sites (N-methyl/N-ethyl adjacent to an activating group) is 1. The van der Waals surface area contributed by atoms with E-state index in [4.69, 9.17) is 0 Å². The van der Waals surface area contributed by atoms with Crippen LogP contribution in [0.3, 0.4) is 0 Å². The van der Waals surface area contributed by atoms with Crippen LogP contribution in [0.2, 0.25) is 0 Å². The number of halogens is 1. The van der Waals surface area contributed by atoms with Crippen LogP contribution in [-0.2, 0) is 0 Å². The normalized spacial score (nSPS) is 20.4. The van der Waals surface area contributed by atoms with Crippen molar-refractivity contribution in [1.29, 1.82) is 0 Å². The SMILES string of the molecule is CNCC1CCCN1C(=O)c1csc(Br)c1. The second kappa shape index (κ2) is 5.29. The fraction of sp³-hybridized carbons (Fsp3) is 0.545. The Bertz CT molecular complexity index is 380. The highest BCUT2D eigenvalue weighted by atomic mass is 79.9. The summed E-state index contributed by atoms with van der Waals surface area (Å²) < 4.78 is 1.01. The molecule has 2 heterocycles. The number of nitrogens with one attached hydrogen (secondary N) is 1. The lowest BCUT2D eigenvalue weighted by molar-refractivity contribution is 0.0737. The highest BCUT2D eigenvalue weighted by Crippen LogP contribution is 2.25. The van der Waals surface area contributed by atoms with Crippen LogP contribution in [0.5, 0.6) is 0 Å². The molecule has 3 nitrogen and oxygen atoms in total. The molecule has 2 rings (SSSR count). The van der Waals surface area contributed by atoms with Crippen LogP contribution in [0.1, 0.15) is 23.2 Å². The summed E-state index contributed by atoms with van der Waals surface area (Å²) in [7, 11) is 1.93. The van der Waals surface area contributed by atoms with E-state index in [1.54, 1.807) is 11.3 Å². The summed E-state index contributed by atoms with van der Waals surface area (Å²) in [6.45, 7) is 1.77. The van der Waals surface area contributed by atoms with Crippen LogP contribution in [0.15, 0.2) is 15.2 Å². The molecule has 1 aliphatic rings. The minimum Gasteiger partial charge on any atom is -0.334 e. The Hall–Kier alpha value is -0.390. The van der Waals surface area contributed by atoms with Crippen LogP contribution in [0, 0.1) is 0 Å². The van der Waals surface area contributed by atoms with Crippen molar-refractivity contribution < 1.29 is 4.79 Å². The highest BCUT2D eigenvalue weighted by molar-refractivity contribution is 9.11. The zero-order valence-electron chi connectivity index (χ0n) is 9.20. The average Bonchev–Trinajstić information content (AvgIpc) is 2.87. The lowest BCUT2D eigenvalue weighted by Gasteiger charge is -2.24. The van der Waals surface area contributed by atoms with E-state index in [0.717, 1.165) is 35.3 Å². The van der Waals surface area contributed by atoms with E-state index in [9.17, 15) is 4.79 Å². The first kappa shape index (κ1) is 12.1. The van der Waals surface area contributed by atoms with Crippen molar-refractivity contribution in [3.8, 4) is 0 Å². The lowest BCUT2D eigenvalue weighted by Crippen LogP contribution is -2.40. The number of likely N-dealkylation sites (tertiary alicyclic amines) is 1. The van der Waals surface area contributed by atoms with Gasteiger partial charge in [-0.1, -0.05) is 0 Å². The van der Waals surface area contributed by atoms with Gasteiger partial charge in [-0.3, -0.25) is 4.79 Å². The van der Waals surface area contributed by atoms with Gasteiger partial charge in [0.1, 0.15) is 0 Å². The zero-order valence-corrected chi connectivity index (χ0v) is 11.6. The van der Waals surface area contributed by atoms with Gasteiger partial charge in [0.15, 0.2) is 0 Å². The summed E-state index contributed by atoms with van der Waals surface area (Å²) in [5.41, 5.74) is 0.805. The number of amides is 1. The molecule has 1 aromatic heterocycles. The third-order valence-corrected chi connectivity index (χ3v) is 4.40. The molecule has 1 saturated heterocycles. The molecule has 1 aliphatic heterocycles. The number of carbonyl (C=O) groups excluding carboxylic acids is 1. The summed E-state index contributed by atoms with van der Waals surface area (Å²) in [6.07, 6.45) is 2.22. The van der Waals surface area contributed by atoms with Gasteiger partial charge < -0.3 is 10.2 Å². The van der Waals surface area contributed by atoms with E-state index in [1.807, 2.05) is 23.4 Å². The minimum atomic E-state index is 0.166. The molecule has 1 amide bonds. The smallest absolute Gasteiger partial charge is 0.255 e. The monoisotopic (exact) mass is 302 g/mol. The van der Waals surface area contributed by atoms with Gasteiger partial charge in [0.25, 0.3) is 5.91 Å². The Balaban J connectivity index is 2.09. The van der Waals surface area contributed by atoms with Gasteiger partial charge in [-0.2, -0.15) is 0 Å². The van der Waals surface area contributed by atoms with Crippen molar-refractivity contribution in [3.05, 3.63) is 20.8 Å². The zero-order chi connectivity index (χ0) is 11.5. The molecule has 1 aromatic rings. The van der Waals surface area contributed by atoms with Crippen LogP contribution >= 0.6 is 27.3 Å². The second-order valence-corrected chi connectivity index (χ2v) is 6.28. The number of hydrogen-bond acceptors (Lipinski definition) is 3. The third kappa shape index (κ3) is 2.47. The first-order valence-electron chi connectivity index (χ1n) is 5.42. The fourth-order valence-corrected chi connectivity index (χ4v) is 3.27.